The number of amides is 3. The van der Waals surface area contributed by atoms with Gasteiger partial charge in [0.1, 0.15) is 17.9 Å². The van der Waals surface area contributed by atoms with Gasteiger partial charge in [0.05, 0.1) is 42.5 Å². The molecule has 12 heteroatoms. The van der Waals surface area contributed by atoms with Crippen LogP contribution in [-0.4, -0.2) is 89.4 Å². The van der Waals surface area contributed by atoms with E-state index in [1.54, 1.807) is 7.11 Å². The second-order valence-electron chi connectivity index (χ2n) is 16.8. The molecule has 4 heterocycles. The fourth-order valence-electron chi connectivity index (χ4n) is 9.59. The minimum absolute atomic E-state index is 0.0830. The molecule has 60 heavy (non-hydrogen) atoms. The zero-order valence-electron chi connectivity index (χ0n) is 34.5. The molecule has 4 N–H and O–H groups in total. The summed E-state index contributed by atoms with van der Waals surface area (Å²) in [6.07, 6.45) is 2.48. The molecule has 3 aliphatic rings. The first-order valence-electron chi connectivity index (χ1n) is 20.9. The molecule has 3 amide bonds. The van der Waals surface area contributed by atoms with Crippen LogP contribution in [-0.2, 0) is 25.5 Å². The van der Waals surface area contributed by atoms with Crippen LogP contribution in [0.3, 0.4) is 0 Å². The molecule has 9 rings (SSSR count). The van der Waals surface area contributed by atoms with Gasteiger partial charge in [0, 0.05) is 43.6 Å². The van der Waals surface area contributed by atoms with Gasteiger partial charge in [-0.3, -0.25) is 14.6 Å². The first kappa shape index (κ1) is 39.4. The van der Waals surface area contributed by atoms with Crippen LogP contribution >= 0.6 is 0 Å². The zero-order valence-corrected chi connectivity index (χ0v) is 34.5. The molecule has 2 saturated heterocycles. The largest absolute Gasteiger partial charge is 0.453 e. The van der Waals surface area contributed by atoms with Crippen molar-refractivity contribution in [3.05, 3.63) is 108 Å². The molecule has 1 aromatic heterocycles. The van der Waals surface area contributed by atoms with E-state index in [1.807, 2.05) is 54.0 Å². The molecule has 5 aromatic carbocycles. The van der Waals surface area contributed by atoms with Crippen LogP contribution in [0.15, 0.2) is 96.0 Å². The molecule has 0 spiro atoms. The Kier molecular flexibility index (Phi) is 10.6. The minimum atomic E-state index is -0.737. The van der Waals surface area contributed by atoms with E-state index in [9.17, 15) is 14.4 Å². The van der Waals surface area contributed by atoms with Crippen LogP contribution in [0.2, 0.25) is 0 Å². The summed E-state index contributed by atoms with van der Waals surface area (Å²) in [7, 11) is 3.01. The number of H-pyrrole nitrogens is 1. The molecule has 5 atom stereocenters. The van der Waals surface area contributed by atoms with Gasteiger partial charge in [-0.15, -0.1) is 0 Å². The van der Waals surface area contributed by atoms with Crippen LogP contribution in [0.5, 0.6) is 0 Å². The maximum Gasteiger partial charge on any atom is 0.407 e. The van der Waals surface area contributed by atoms with Gasteiger partial charge in [-0.05, 0) is 87.9 Å². The van der Waals surface area contributed by atoms with Crippen molar-refractivity contribution in [2.24, 2.45) is 22.6 Å². The highest BCUT2D eigenvalue weighted by molar-refractivity contribution is 6.07. The highest BCUT2D eigenvalue weighted by atomic mass is 16.5. The monoisotopic (exact) mass is 805 g/mol. The van der Waals surface area contributed by atoms with E-state index in [-0.39, 0.29) is 35.7 Å². The topological polar surface area (TPSA) is 155 Å². The summed E-state index contributed by atoms with van der Waals surface area (Å²) in [4.78, 5) is 57.2. The van der Waals surface area contributed by atoms with Gasteiger partial charge >= 0.3 is 6.09 Å². The number of methoxy groups -OCH3 is 2. The van der Waals surface area contributed by atoms with Crippen molar-refractivity contribution in [3.8, 4) is 11.1 Å². The molecule has 0 aliphatic carbocycles. The number of hydrogen-bond acceptors (Lipinski definition) is 8. The fourth-order valence-corrected chi connectivity index (χ4v) is 9.59. The third-order valence-electron chi connectivity index (χ3n) is 12.7. The Hall–Kier alpha value is -6.11. The van der Waals surface area contributed by atoms with Gasteiger partial charge in [-0.1, -0.05) is 80.6 Å². The molecule has 0 unspecified atom stereocenters. The summed E-state index contributed by atoms with van der Waals surface area (Å²) >= 11 is 0. The summed E-state index contributed by atoms with van der Waals surface area (Å²) < 4.78 is 10.3. The molecule has 2 fully saturated rings. The van der Waals surface area contributed by atoms with Crippen molar-refractivity contribution in [1.82, 2.24) is 25.1 Å². The normalized spacial score (nSPS) is 19.9. The molecule has 6 aromatic rings. The molecule has 0 bridgehead atoms. The Labute approximate surface area is 349 Å². The number of benzene rings is 5. The lowest BCUT2D eigenvalue weighted by atomic mass is 9.94. The number of ether oxygens (including phenoxy) is 2. The van der Waals surface area contributed by atoms with E-state index < -0.39 is 18.2 Å². The van der Waals surface area contributed by atoms with Crippen LogP contribution in [0, 0.1) is 11.8 Å². The van der Waals surface area contributed by atoms with Crippen molar-refractivity contribution < 1.29 is 23.9 Å². The summed E-state index contributed by atoms with van der Waals surface area (Å²) in [5.41, 5.74) is 14.5. The quantitative estimate of drug-likeness (QED) is 0.128. The summed E-state index contributed by atoms with van der Waals surface area (Å²) in [6.45, 7) is 5.59. The van der Waals surface area contributed by atoms with Crippen LogP contribution in [0.1, 0.15) is 62.1 Å². The second kappa shape index (κ2) is 16.2. The van der Waals surface area contributed by atoms with E-state index in [0.717, 1.165) is 85.8 Å². The second-order valence-corrected chi connectivity index (χ2v) is 16.8. The van der Waals surface area contributed by atoms with Crippen LogP contribution in [0.25, 0.3) is 43.7 Å². The maximum atomic E-state index is 13.9. The first-order chi connectivity index (χ1) is 29.1. The number of hydrogen-bond donors (Lipinski definition) is 3. The zero-order chi connectivity index (χ0) is 41.7. The van der Waals surface area contributed by atoms with E-state index in [0.29, 0.717) is 26.1 Å². The number of fused-ring (bicyclic) bond motifs is 6. The Morgan fingerprint density at radius 3 is 2.35 bits per heavy atom. The predicted octanol–water partition coefficient (Wildman–Crippen LogP) is 7.77. The lowest BCUT2D eigenvalue weighted by Gasteiger charge is -2.29. The Morgan fingerprint density at radius 2 is 1.62 bits per heavy atom. The smallest absolute Gasteiger partial charge is 0.407 e. The standard InChI is InChI=1S/C48H51N7O5/c1-27(2)43(53-48(58)60-4)47(57)54-20-8-11-40(54)45-51-38-19-15-33-23-31(13-17-35(33)44(38)52-45)30-12-16-34-32(22-30)14-18-37-36(34)24-39(50-37)41-21-28(26-59-3)25-55(41)46(56)42(49)29-9-6-5-7-10-29/h5-7,9-10,12-19,22-23,27-28,40-43H,8,11,20-21,24-26,49H2,1-4H3,(H,51,52)(H,53,58)/t28-,40-,41-,42+,43-/m0/s1. The Morgan fingerprint density at radius 1 is 0.883 bits per heavy atom. The number of aliphatic imine (C=N–C) groups is 1. The van der Waals surface area contributed by atoms with Gasteiger partial charge in [-0.25, -0.2) is 9.78 Å². The van der Waals surface area contributed by atoms with E-state index in [1.165, 1.54) is 12.7 Å². The van der Waals surface area contributed by atoms with Gasteiger partial charge in [0.25, 0.3) is 0 Å². The fraction of sp³-hybridized carbons (Fsp3) is 0.354. The maximum absolute atomic E-state index is 13.9. The number of carbonyl (C=O) groups excluding carboxylic acids is 3. The Balaban J connectivity index is 0.951. The molecule has 0 saturated carbocycles. The lowest BCUT2D eigenvalue weighted by Crippen LogP contribution is -2.51. The molecular weight excluding hydrogens is 755 g/mol. The first-order valence-corrected chi connectivity index (χ1v) is 20.9. The number of likely N-dealkylation sites (tertiary alicyclic amines) is 2. The number of nitrogens with one attached hydrogen (secondary N) is 2. The third kappa shape index (κ3) is 7.17. The number of carbonyl (C=O) groups is 3. The average molecular weight is 806 g/mol. The van der Waals surface area contributed by atoms with Crippen LogP contribution in [0.4, 0.5) is 10.5 Å². The van der Waals surface area contributed by atoms with Gasteiger partial charge < -0.3 is 35.3 Å². The van der Waals surface area contributed by atoms with E-state index in [4.69, 9.17) is 25.2 Å². The summed E-state index contributed by atoms with van der Waals surface area (Å²) in [5, 5.41) is 7.12. The van der Waals surface area contributed by atoms with Crippen molar-refractivity contribution in [2.45, 2.75) is 63.7 Å². The SMILES string of the molecule is COC[C@H]1C[C@@H](C2=Nc3ccc4cc(-c5ccc6c(ccc7[nH]c([C@@H]8CCCN8C(=O)[C@@H](NC(=O)OC)C(C)C)nc76)c5)ccc4c3C2)N(C(=O)[C@H](N)c2ccccc2)C1. The highest BCUT2D eigenvalue weighted by Gasteiger charge is 2.42. The van der Waals surface area contributed by atoms with Gasteiger partial charge in [-0.2, -0.15) is 0 Å². The third-order valence-corrected chi connectivity index (χ3v) is 12.7. The molecule has 3 aliphatic heterocycles. The van der Waals surface area contributed by atoms with Gasteiger partial charge in [0.15, 0.2) is 0 Å². The van der Waals surface area contributed by atoms with Gasteiger partial charge in [0.2, 0.25) is 11.8 Å². The molecule has 0 radical (unpaired) electrons. The molecular formula is C48H51N7O5. The highest BCUT2D eigenvalue weighted by Crippen LogP contribution is 2.40. The van der Waals surface area contributed by atoms with Crippen molar-refractivity contribution >= 4 is 61.9 Å². The van der Waals surface area contributed by atoms with Crippen molar-refractivity contribution in [2.75, 3.05) is 33.9 Å². The van der Waals surface area contributed by atoms with Crippen LogP contribution < -0.4 is 11.1 Å². The number of alkyl carbamates (subject to hydrolysis) is 1. The lowest BCUT2D eigenvalue weighted by molar-refractivity contribution is -0.135. The van der Waals surface area contributed by atoms with Crippen molar-refractivity contribution in [1.29, 1.82) is 0 Å². The summed E-state index contributed by atoms with van der Waals surface area (Å²) in [6, 6.07) is 29.3. The number of rotatable bonds is 10. The summed E-state index contributed by atoms with van der Waals surface area (Å²) in [5.74, 6) is 0.637. The Bertz CT molecular complexity index is 2660. The minimum Gasteiger partial charge on any atom is -0.453 e. The predicted molar refractivity (Wildman–Crippen MR) is 234 cm³/mol. The number of imidazole rings is 1. The number of nitrogens with zero attached hydrogens (tertiary/aromatic N) is 4. The number of aromatic nitrogens is 2. The molecule has 308 valence electrons. The van der Waals surface area contributed by atoms with E-state index in [2.05, 4.69) is 71.0 Å². The average Bonchev–Trinajstić information content (AvgIpc) is 4.10. The van der Waals surface area contributed by atoms with E-state index >= 15 is 0 Å². The number of nitrogens with two attached hydrogens (primary N) is 1. The number of aromatic amines is 1. The van der Waals surface area contributed by atoms with Crippen molar-refractivity contribution in [3.63, 3.8) is 0 Å². The molecule has 12 nitrogen and oxygen atoms in total.